The zero-order valence-corrected chi connectivity index (χ0v) is 10.8. The molecule has 6 nitrogen and oxygen atoms in total. The maximum atomic E-state index is 11.8. The molecule has 1 N–H and O–H groups in total. The summed E-state index contributed by atoms with van der Waals surface area (Å²) in [6.45, 7) is 1.59. The van der Waals surface area contributed by atoms with Crippen molar-refractivity contribution >= 4 is 11.6 Å². The molecule has 0 saturated carbocycles. The summed E-state index contributed by atoms with van der Waals surface area (Å²) in [4.78, 5) is 27.4. The first-order valence-corrected chi connectivity index (χ1v) is 5.91. The van der Waals surface area contributed by atoms with Crippen molar-refractivity contribution in [3.63, 3.8) is 0 Å². The van der Waals surface area contributed by atoms with Gasteiger partial charge in [-0.05, 0) is 25.1 Å². The van der Waals surface area contributed by atoms with E-state index in [2.05, 4.69) is 10.3 Å². The minimum Gasteiger partial charge on any atom is -0.324 e. The van der Waals surface area contributed by atoms with E-state index in [9.17, 15) is 9.59 Å². The molecule has 0 unspecified atom stereocenters. The normalized spacial score (nSPS) is 9.80. The predicted molar refractivity (Wildman–Crippen MR) is 73.0 cm³/mol. The van der Waals surface area contributed by atoms with E-state index in [0.717, 1.165) is 0 Å². The summed E-state index contributed by atoms with van der Waals surface area (Å²) in [5.41, 5.74) is 1.30. The van der Waals surface area contributed by atoms with E-state index in [1.165, 1.54) is 17.0 Å². The van der Waals surface area contributed by atoms with Gasteiger partial charge < -0.3 is 5.32 Å². The number of aromatic nitrogens is 2. The minimum atomic E-state index is -0.354. The molecule has 0 aliphatic heterocycles. The zero-order chi connectivity index (χ0) is 14.5. The highest BCUT2D eigenvalue weighted by atomic mass is 16.2. The number of carbonyl (C=O) groups is 1. The van der Waals surface area contributed by atoms with Crippen LogP contribution in [0, 0.1) is 18.3 Å². The maximum absolute atomic E-state index is 11.8. The summed E-state index contributed by atoms with van der Waals surface area (Å²) in [5.74, 6) is -0.354. The molecule has 1 aromatic carbocycles. The number of hydrogen-bond acceptors (Lipinski definition) is 4. The second-order valence-electron chi connectivity index (χ2n) is 4.24. The van der Waals surface area contributed by atoms with Crippen LogP contribution in [0.5, 0.6) is 0 Å². The summed E-state index contributed by atoms with van der Waals surface area (Å²) in [5, 5.41) is 11.4. The highest BCUT2D eigenvalue weighted by Gasteiger charge is 2.06. The molecule has 0 atom stereocenters. The van der Waals surface area contributed by atoms with Crippen molar-refractivity contribution in [3.05, 3.63) is 58.3 Å². The average Bonchev–Trinajstić information content (AvgIpc) is 2.42. The van der Waals surface area contributed by atoms with Gasteiger partial charge in [0.05, 0.1) is 18.0 Å². The van der Waals surface area contributed by atoms with Crippen molar-refractivity contribution in [2.75, 3.05) is 5.32 Å². The van der Waals surface area contributed by atoms with E-state index in [4.69, 9.17) is 5.26 Å². The molecule has 0 aliphatic rings. The van der Waals surface area contributed by atoms with Gasteiger partial charge in [0.1, 0.15) is 6.54 Å². The predicted octanol–water partition coefficient (Wildman–Crippen LogP) is 1.06. The molecule has 1 aromatic heterocycles. The van der Waals surface area contributed by atoms with Crippen molar-refractivity contribution in [1.29, 1.82) is 5.26 Å². The van der Waals surface area contributed by atoms with Crippen LogP contribution in [0.2, 0.25) is 0 Å². The van der Waals surface area contributed by atoms with Gasteiger partial charge in [-0.3, -0.25) is 14.2 Å². The van der Waals surface area contributed by atoms with E-state index in [0.29, 0.717) is 16.9 Å². The molecule has 0 spiro atoms. The Labute approximate surface area is 115 Å². The lowest BCUT2D eigenvalue weighted by molar-refractivity contribution is -0.116. The van der Waals surface area contributed by atoms with Gasteiger partial charge in [0.15, 0.2) is 0 Å². The standard InChI is InChI=1S/C14H12N4O2/c1-10-5-14(20)18(9-16-10)8-13(19)17-12-4-2-3-11(6-12)7-15/h2-6,9H,8H2,1H3,(H,17,19). The van der Waals surface area contributed by atoms with E-state index < -0.39 is 0 Å². The summed E-state index contributed by atoms with van der Waals surface area (Å²) in [7, 11) is 0. The van der Waals surface area contributed by atoms with Crippen LogP contribution >= 0.6 is 0 Å². The number of amides is 1. The molecule has 20 heavy (non-hydrogen) atoms. The van der Waals surface area contributed by atoms with Crippen LogP contribution in [0.4, 0.5) is 5.69 Å². The number of nitrogens with one attached hydrogen (secondary N) is 1. The van der Waals surface area contributed by atoms with Crippen molar-refractivity contribution in [2.45, 2.75) is 13.5 Å². The summed E-state index contributed by atoms with van der Waals surface area (Å²) < 4.78 is 1.22. The molecular weight excluding hydrogens is 256 g/mol. The van der Waals surface area contributed by atoms with Gasteiger partial charge in [0.2, 0.25) is 5.91 Å². The highest BCUT2D eigenvalue weighted by molar-refractivity contribution is 5.90. The third kappa shape index (κ3) is 3.29. The minimum absolute atomic E-state index is 0.122. The fourth-order valence-electron chi connectivity index (χ4n) is 1.66. The van der Waals surface area contributed by atoms with Crippen molar-refractivity contribution in [3.8, 4) is 6.07 Å². The fraction of sp³-hybridized carbons (Fsp3) is 0.143. The Balaban J connectivity index is 2.09. The molecule has 100 valence electrons. The number of aryl methyl sites for hydroxylation is 1. The van der Waals surface area contributed by atoms with Crippen LogP contribution < -0.4 is 10.9 Å². The number of benzene rings is 1. The first-order valence-electron chi connectivity index (χ1n) is 5.91. The maximum Gasteiger partial charge on any atom is 0.253 e. The van der Waals surface area contributed by atoms with Crippen molar-refractivity contribution in [2.24, 2.45) is 0 Å². The number of anilines is 1. The Kier molecular flexibility index (Phi) is 3.91. The molecule has 0 fully saturated rings. The van der Waals surface area contributed by atoms with Gasteiger partial charge in [-0.1, -0.05) is 6.07 Å². The Morgan fingerprint density at radius 2 is 2.25 bits per heavy atom. The third-order valence-electron chi connectivity index (χ3n) is 2.61. The lowest BCUT2D eigenvalue weighted by atomic mass is 10.2. The number of rotatable bonds is 3. The Morgan fingerprint density at radius 3 is 2.95 bits per heavy atom. The van der Waals surface area contributed by atoms with Crippen LogP contribution in [-0.4, -0.2) is 15.5 Å². The van der Waals surface area contributed by atoms with E-state index in [1.54, 1.807) is 31.2 Å². The van der Waals surface area contributed by atoms with Crippen LogP contribution in [0.3, 0.4) is 0 Å². The Morgan fingerprint density at radius 1 is 1.45 bits per heavy atom. The molecule has 0 aliphatic carbocycles. The topological polar surface area (TPSA) is 87.8 Å². The average molecular weight is 268 g/mol. The van der Waals surface area contributed by atoms with Crippen LogP contribution in [0.15, 0.2) is 41.5 Å². The van der Waals surface area contributed by atoms with Crippen molar-refractivity contribution in [1.82, 2.24) is 9.55 Å². The lowest BCUT2D eigenvalue weighted by Crippen LogP contribution is -2.27. The Bertz CT molecular complexity index is 743. The van der Waals surface area contributed by atoms with E-state index in [-0.39, 0.29) is 18.0 Å². The molecule has 1 amide bonds. The Hall–Kier alpha value is -2.94. The van der Waals surface area contributed by atoms with Crippen LogP contribution in [-0.2, 0) is 11.3 Å². The van der Waals surface area contributed by atoms with E-state index >= 15 is 0 Å². The fourth-order valence-corrected chi connectivity index (χ4v) is 1.66. The molecule has 6 heteroatoms. The first kappa shape index (κ1) is 13.5. The smallest absolute Gasteiger partial charge is 0.253 e. The molecule has 2 rings (SSSR count). The highest BCUT2D eigenvalue weighted by Crippen LogP contribution is 2.09. The monoisotopic (exact) mass is 268 g/mol. The molecule has 0 bridgehead atoms. The van der Waals surface area contributed by atoms with Crippen LogP contribution in [0.25, 0.3) is 0 Å². The van der Waals surface area contributed by atoms with Gasteiger partial charge in [-0.2, -0.15) is 5.26 Å². The zero-order valence-electron chi connectivity index (χ0n) is 10.8. The molecule has 0 saturated heterocycles. The van der Waals surface area contributed by atoms with Gasteiger partial charge in [-0.15, -0.1) is 0 Å². The van der Waals surface area contributed by atoms with E-state index in [1.807, 2.05) is 6.07 Å². The molecule has 1 heterocycles. The second kappa shape index (κ2) is 5.80. The number of hydrogen-bond donors (Lipinski definition) is 1. The summed E-state index contributed by atoms with van der Waals surface area (Å²) in [6.07, 6.45) is 1.34. The third-order valence-corrected chi connectivity index (χ3v) is 2.61. The summed E-state index contributed by atoms with van der Waals surface area (Å²) >= 11 is 0. The van der Waals surface area contributed by atoms with Gasteiger partial charge in [-0.25, -0.2) is 4.98 Å². The molecule has 0 radical (unpaired) electrons. The summed E-state index contributed by atoms with van der Waals surface area (Å²) in [6, 6.07) is 9.91. The van der Waals surface area contributed by atoms with Gasteiger partial charge in [0.25, 0.3) is 5.56 Å². The van der Waals surface area contributed by atoms with Gasteiger partial charge >= 0.3 is 0 Å². The lowest BCUT2D eigenvalue weighted by Gasteiger charge is -2.07. The van der Waals surface area contributed by atoms with Crippen molar-refractivity contribution < 1.29 is 4.79 Å². The van der Waals surface area contributed by atoms with Crippen LogP contribution in [0.1, 0.15) is 11.3 Å². The number of nitriles is 1. The van der Waals surface area contributed by atoms with Gasteiger partial charge in [0, 0.05) is 17.4 Å². The molecular formula is C14H12N4O2. The number of nitrogens with zero attached hydrogens (tertiary/aromatic N) is 3. The first-order chi connectivity index (χ1) is 9.58. The SMILES string of the molecule is Cc1cc(=O)n(CC(=O)Nc2cccc(C#N)c2)cn1. The number of carbonyl (C=O) groups excluding carboxylic acids is 1. The molecule has 2 aromatic rings. The second-order valence-corrected chi connectivity index (χ2v) is 4.24. The quantitative estimate of drug-likeness (QED) is 0.901. The largest absolute Gasteiger partial charge is 0.324 e.